The van der Waals surface area contributed by atoms with Crippen LogP contribution >= 0.6 is 0 Å². The number of ether oxygens (including phenoxy) is 2. The van der Waals surface area contributed by atoms with E-state index in [9.17, 15) is 4.79 Å². The number of nitrogens with zero attached hydrogens (tertiary/aromatic N) is 1. The number of amides is 2. The van der Waals surface area contributed by atoms with Crippen molar-refractivity contribution in [2.24, 2.45) is 11.5 Å². The van der Waals surface area contributed by atoms with Gasteiger partial charge in [0, 0.05) is 19.2 Å². The lowest BCUT2D eigenvalue weighted by molar-refractivity contribution is 0.254. The lowest BCUT2D eigenvalue weighted by atomic mass is 10.2. The summed E-state index contributed by atoms with van der Waals surface area (Å²) in [6.45, 7) is 0.627. The second-order valence-corrected chi connectivity index (χ2v) is 3.32. The molecular formula is C11H17N3O3. The number of rotatable bonds is 5. The van der Waals surface area contributed by atoms with E-state index in [1.54, 1.807) is 25.3 Å². The Morgan fingerprint density at radius 3 is 2.53 bits per heavy atom. The molecule has 0 aliphatic rings. The van der Waals surface area contributed by atoms with E-state index in [-0.39, 0.29) is 0 Å². The summed E-state index contributed by atoms with van der Waals surface area (Å²) in [5.74, 6) is 1.15. The van der Waals surface area contributed by atoms with Gasteiger partial charge in [-0.3, -0.25) is 4.90 Å². The highest BCUT2D eigenvalue weighted by molar-refractivity contribution is 5.92. The predicted molar refractivity (Wildman–Crippen MR) is 65.5 cm³/mol. The van der Waals surface area contributed by atoms with Crippen molar-refractivity contribution in [3.63, 3.8) is 0 Å². The molecule has 0 saturated carbocycles. The van der Waals surface area contributed by atoms with Crippen molar-refractivity contribution < 1.29 is 14.3 Å². The fourth-order valence-electron chi connectivity index (χ4n) is 1.49. The summed E-state index contributed by atoms with van der Waals surface area (Å²) >= 11 is 0. The molecule has 0 unspecified atom stereocenters. The molecule has 2 amide bonds. The molecule has 6 nitrogen and oxygen atoms in total. The van der Waals surface area contributed by atoms with Crippen LogP contribution in [0, 0.1) is 0 Å². The molecule has 1 aromatic carbocycles. The smallest absolute Gasteiger partial charge is 0.319 e. The van der Waals surface area contributed by atoms with Gasteiger partial charge < -0.3 is 20.9 Å². The SMILES string of the molecule is COc1ccc(OC)c(N(CCN)C(N)=O)c1. The van der Waals surface area contributed by atoms with E-state index in [2.05, 4.69) is 0 Å². The Kier molecular flexibility index (Phi) is 4.59. The highest BCUT2D eigenvalue weighted by atomic mass is 16.5. The van der Waals surface area contributed by atoms with Crippen LogP contribution in [0.2, 0.25) is 0 Å². The van der Waals surface area contributed by atoms with Gasteiger partial charge in [0.05, 0.1) is 19.9 Å². The van der Waals surface area contributed by atoms with Gasteiger partial charge in [0.25, 0.3) is 0 Å². The summed E-state index contributed by atoms with van der Waals surface area (Å²) in [5, 5.41) is 0. The second kappa shape index (κ2) is 5.95. The Labute approximate surface area is 100 Å². The lowest BCUT2D eigenvalue weighted by Gasteiger charge is -2.22. The third-order valence-electron chi connectivity index (χ3n) is 2.30. The largest absolute Gasteiger partial charge is 0.497 e. The zero-order chi connectivity index (χ0) is 12.8. The third kappa shape index (κ3) is 3.01. The molecular weight excluding hydrogens is 222 g/mol. The van der Waals surface area contributed by atoms with Crippen LogP contribution in [0.25, 0.3) is 0 Å². The molecule has 4 N–H and O–H groups in total. The molecule has 0 aliphatic carbocycles. The number of hydrogen-bond donors (Lipinski definition) is 2. The van der Waals surface area contributed by atoms with Gasteiger partial charge in [-0.1, -0.05) is 0 Å². The van der Waals surface area contributed by atoms with Crippen LogP contribution in [0.4, 0.5) is 10.5 Å². The third-order valence-corrected chi connectivity index (χ3v) is 2.30. The molecule has 0 atom stereocenters. The van der Waals surface area contributed by atoms with Crippen molar-refractivity contribution in [3.8, 4) is 11.5 Å². The van der Waals surface area contributed by atoms with Crippen LogP contribution < -0.4 is 25.8 Å². The van der Waals surface area contributed by atoms with Crippen LogP contribution in [0.5, 0.6) is 11.5 Å². The lowest BCUT2D eigenvalue weighted by Crippen LogP contribution is -2.39. The minimum absolute atomic E-state index is 0.309. The Morgan fingerprint density at radius 2 is 2.06 bits per heavy atom. The van der Waals surface area contributed by atoms with Crippen molar-refractivity contribution in [2.75, 3.05) is 32.2 Å². The van der Waals surface area contributed by atoms with E-state index >= 15 is 0 Å². The predicted octanol–water partition coefficient (Wildman–Crippen LogP) is 0.548. The number of carbonyl (C=O) groups is 1. The van der Waals surface area contributed by atoms with E-state index in [0.29, 0.717) is 30.3 Å². The van der Waals surface area contributed by atoms with E-state index in [0.717, 1.165) is 0 Å². The molecule has 0 aliphatic heterocycles. The number of urea groups is 1. The molecule has 0 fully saturated rings. The van der Waals surface area contributed by atoms with Gasteiger partial charge in [-0.25, -0.2) is 4.79 Å². The van der Waals surface area contributed by atoms with Crippen molar-refractivity contribution in [2.45, 2.75) is 0 Å². The van der Waals surface area contributed by atoms with Crippen LogP contribution in [0.3, 0.4) is 0 Å². The Balaban J connectivity index is 3.18. The standard InChI is InChI=1S/C11H17N3O3/c1-16-8-3-4-10(17-2)9(7-8)14(6-5-12)11(13)15/h3-4,7H,5-6,12H2,1-2H3,(H2,13,15). The van der Waals surface area contributed by atoms with E-state index < -0.39 is 6.03 Å². The average molecular weight is 239 g/mol. The zero-order valence-corrected chi connectivity index (χ0v) is 9.97. The number of carbonyl (C=O) groups excluding carboxylic acids is 1. The van der Waals surface area contributed by atoms with Crippen LogP contribution in [0.15, 0.2) is 18.2 Å². The first-order chi connectivity index (χ1) is 8.13. The molecule has 0 radical (unpaired) electrons. The molecule has 1 aromatic rings. The molecule has 0 aromatic heterocycles. The Hall–Kier alpha value is -1.95. The average Bonchev–Trinajstić information content (AvgIpc) is 2.34. The number of benzene rings is 1. The topological polar surface area (TPSA) is 90.8 Å². The maximum Gasteiger partial charge on any atom is 0.319 e. The highest BCUT2D eigenvalue weighted by Gasteiger charge is 2.17. The summed E-state index contributed by atoms with van der Waals surface area (Å²) in [7, 11) is 3.07. The Bertz CT molecular complexity index is 396. The van der Waals surface area contributed by atoms with E-state index in [1.165, 1.54) is 12.0 Å². The number of nitrogens with two attached hydrogens (primary N) is 2. The normalized spacial score (nSPS) is 9.82. The molecule has 0 bridgehead atoms. The van der Waals surface area contributed by atoms with Gasteiger partial charge in [-0.05, 0) is 12.1 Å². The number of anilines is 1. The first kappa shape index (κ1) is 13.1. The maximum atomic E-state index is 11.4. The van der Waals surface area contributed by atoms with Crippen molar-refractivity contribution >= 4 is 11.7 Å². The summed E-state index contributed by atoms with van der Waals surface area (Å²) in [6.07, 6.45) is 0. The van der Waals surface area contributed by atoms with E-state index in [4.69, 9.17) is 20.9 Å². The Morgan fingerprint density at radius 1 is 1.35 bits per heavy atom. The molecule has 0 spiro atoms. The maximum absolute atomic E-state index is 11.4. The fraction of sp³-hybridized carbons (Fsp3) is 0.364. The van der Waals surface area contributed by atoms with Crippen LogP contribution in [-0.4, -0.2) is 33.3 Å². The van der Waals surface area contributed by atoms with Gasteiger partial charge >= 0.3 is 6.03 Å². The van der Waals surface area contributed by atoms with Crippen molar-refractivity contribution in [1.29, 1.82) is 0 Å². The number of hydrogen-bond acceptors (Lipinski definition) is 4. The summed E-state index contributed by atoms with van der Waals surface area (Å²) in [5.41, 5.74) is 11.3. The van der Waals surface area contributed by atoms with Crippen molar-refractivity contribution in [1.82, 2.24) is 0 Å². The van der Waals surface area contributed by atoms with Crippen molar-refractivity contribution in [3.05, 3.63) is 18.2 Å². The zero-order valence-electron chi connectivity index (χ0n) is 9.97. The summed E-state index contributed by atoms with van der Waals surface area (Å²) in [4.78, 5) is 12.7. The second-order valence-electron chi connectivity index (χ2n) is 3.32. The quantitative estimate of drug-likeness (QED) is 0.785. The first-order valence-electron chi connectivity index (χ1n) is 5.13. The van der Waals surface area contributed by atoms with Gasteiger partial charge in [-0.2, -0.15) is 0 Å². The van der Waals surface area contributed by atoms with Crippen LogP contribution in [0.1, 0.15) is 0 Å². The molecule has 6 heteroatoms. The number of primary amides is 1. The number of methoxy groups -OCH3 is 2. The fourth-order valence-corrected chi connectivity index (χ4v) is 1.49. The van der Waals surface area contributed by atoms with Gasteiger partial charge in [0.15, 0.2) is 0 Å². The minimum atomic E-state index is -0.581. The molecule has 0 saturated heterocycles. The monoisotopic (exact) mass is 239 g/mol. The molecule has 0 heterocycles. The summed E-state index contributed by atoms with van der Waals surface area (Å²) < 4.78 is 10.3. The highest BCUT2D eigenvalue weighted by Crippen LogP contribution is 2.31. The molecule has 17 heavy (non-hydrogen) atoms. The summed E-state index contributed by atoms with van der Waals surface area (Å²) in [6, 6.07) is 4.55. The van der Waals surface area contributed by atoms with E-state index in [1.807, 2.05) is 0 Å². The van der Waals surface area contributed by atoms with Gasteiger partial charge in [0.2, 0.25) is 0 Å². The molecule has 94 valence electrons. The van der Waals surface area contributed by atoms with Gasteiger partial charge in [0.1, 0.15) is 11.5 Å². The molecule has 1 rings (SSSR count). The van der Waals surface area contributed by atoms with Gasteiger partial charge in [-0.15, -0.1) is 0 Å². The van der Waals surface area contributed by atoms with Crippen LogP contribution in [-0.2, 0) is 0 Å². The minimum Gasteiger partial charge on any atom is -0.497 e. The first-order valence-corrected chi connectivity index (χ1v) is 5.13.